The van der Waals surface area contributed by atoms with Gasteiger partial charge < -0.3 is 4.42 Å². The van der Waals surface area contributed by atoms with Gasteiger partial charge in [-0.05, 0) is 19.1 Å². The molecule has 1 heterocycles. The van der Waals surface area contributed by atoms with E-state index in [1.54, 1.807) is 0 Å². The van der Waals surface area contributed by atoms with Crippen LogP contribution in [0.15, 0.2) is 32.3 Å². The van der Waals surface area contributed by atoms with Crippen molar-refractivity contribution in [2.75, 3.05) is 6.54 Å². The summed E-state index contributed by atoms with van der Waals surface area (Å²) < 4.78 is 30.9. The standard InChI is InChI=1S/C11H12N2O5S/c1-7(14)4-5-12-19(16,17)8-2-3-9-10(6-8)18-11(15)13-9/h2-3,6,12H,4-5H2,1H3,(H,13,15). The van der Waals surface area contributed by atoms with Crippen molar-refractivity contribution >= 4 is 26.9 Å². The monoisotopic (exact) mass is 284 g/mol. The van der Waals surface area contributed by atoms with Gasteiger partial charge in [-0.3, -0.25) is 9.78 Å². The average Bonchev–Trinajstić information content (AvgIpc) is 2.67. The summed E-state index contributed by atoms with van der Waals surface area (Å²) in [6.07, 6.45) is 0.126. The molecule has 0 aliphatic heterocycles. The van der Waals surface area contributed by atoms with Gasteiger partial charge in [-0.2, -0.15) is 0 Å². The Morgan fingerprint density at radius 2 is 2.16 bits per heavy atom. The maximum absolute atomic E-state index is 11.9. The molecule has 2 aromatic rings. The molecule has 0 unspecified atom stereocenters. The van der Waals surface area contributed by atoms with E-state index in [1.807, 2.05) is 0 Å². The maximum Gasteiger partial charge on any atom is 0.417 e. The zero-order valence-corrected chi connectivity index (χ0v) is 10.9. The van der Waals surface area contributed by atoms with Gasteiger partial charge in [-0.1, -0.05) is 0 Å². The lowest BCUT2D eigenvalue weighted by Crippen LogP contribution is -2.25. The van der Waals surface area contributed by atoms with Crippen LogP contribution in [-0.4, -0.2) is 25.7 Å². The van der Waals surface area contributed by atoms with E-state index in [9.17, 15) is 18.0 Å². The zero-order valence-electron chi connectivity index (χ0n) is 10.1. The highest BCUT2D eigenvalue weighted by molar-refractivity contribution is 7.89. The van der Waals surface area contributed by atoms with Gasteiger partial charge in [-0.25, -0.2) is 17.9 Å². The van der Waals surface area contributed by atoms with Crippen molar-refractivity contribution in [2.45, 2.75) is 18.2 Å². The number of Topliss-reactive ketones (excluding diaryl/α,β-unsaturated/α-hetero) is 1. The SMILES string of the molecule is CC(=O)CCNS(=O)(=O)c1ccc2[nH]c(=O)oc2c1. The summed E-state index contributed by atoms with van der Waals surface area (Å²) in [7, 11) is -3.72. The van der Waals surface area contributed by atoms with Gasteiger partial charge in [0.2, 0.25) is 10.0 Å². The predicted molar refractivity (Wildman–Crippen MR) is 67.3 cm³/mol. The number of hydrogen-bond donors (Lipinski definition) is 2. The molecule has 0 aliphatic carbocycles. The molecule has 1 aromatic carbocycles. The number of benzene rings is 1. The first-order valence-electron chi connectivity index (χ1n) is 5.50. The number of H-pyrrole nitrogens is 1. The molecule has 0 fully saturated rings. The number of fused-ring (bicyclic) bond motifs is 1. The highest BCUT2D eigenvalue weighted by Crippen LogP contribution is 2.16. The van der Waals surface area contributed by atoms with Crippen LogP contribution in [0.25, 0.3) is 11.1 Å². The number of nitrogens with one attached hydrogen (secondary N) is 2. The lowest BCUT2D eigenvalue weighted by Gasteiger charge is -2.05. The Balaban J connectivity index is 2.26. The summed E-state index contributed by atoms with van der Waals surface area (Å²) in [5.41, 5.74) is 0.590. The highest BCUT2D eigenvalue weighted by Gasteiger charge is 2.15. The van der Waals surface area contributed by atoms with E-state index in [0.717, 1.165) is 0 Å². The minimum atomic E-state index is -3.72. The van der Waals surface area contributed by atoms with Gasteiger partial charge >= 0.3 is 5.76 Å². The van der Waals surface area contributed by atoms with E-state index >= 15 is 0 Å². The second kappa shape index (κ2) is 4.98. The Bertz CT molecular complexity index is 772. The fraction of sp³-hybridized carbons (Fsp3) is 0.273. The van der Waals surface area contributed by atoms with E-state index in [0.29, 0.717) is 5.52 Å². The smallest absolute Gasteiger partial charge is 0.408 e. The maximum atomic E-state index is 11.9. The van der Waals surface area contributed by atoms with Crippen molar-refractivity contribution in [2.24, 2.45) is 0 Å². The number of oxazole rings is 1. The second-order valence-electron chi connectivity index (χ2n) is 4.02. The van der Waals surface area contributed by atoms with Crippen LogP contribution in [0.2, 0.25) is 0 Å². The first kappa shape index (κ1) is 13.5. The van der Waals surface area contributed by atoms with E-state index < -0.39 is 15.8 Å². The third kappa shape index (κ3) is 3.09. The summed E-state index contributed by atoms with van der Waals surface area (Å²) in [6.45, 7) is 1.42. The number of hydrogen-bond acceptors (Lipinski definition) is 5. The van der Waals surface area contributed by atoms with Crippen molar-refractivity contribution < 1.29 is 17.6 Å². The van der Waals surface area contributed by atoms with Crippen molar-refractivity contribution in [3.05, 3.63) is 28.7 Å². The largest absolute Gasteiger partial charge is 0.417 e. The van der Waals surface area contributed by atoms with E-state index in [1.165, 1.54) is 25.1 Å². The molecule has 0 radical (unpaired) electrons. The number of aromatic amines is 1. The number of ketones is 1. The molecular formula is C11H12N2O5S. The van der Waals surface area contributed by atoms with Crippen LogP contribution in [0.1, 0.15) is 13.3 Å². The molecule has 0 aliphatic rings. The first-order valence-corrected chi connectivity index (χ1v) is 6.99. The van der Waals surface area contributed by atoms with Gasteiger partial charge in [0.15, 0.2) is 5.58 Å². The molecule has 0 atom stereocenters. The molecule has 102 valence electrons. The van der Waals surface area contributed by atoms with Crippen LogP contribution < -0.4 is 10.5 Å². The average molecular weight is 284 g/mol. The van der Waals surface area contributed by atoms with E-state index in [-0.39, 0.29) is 29.2 Å². The summed E-state index contributed by atoms with van der Waals surface area (Å²) in [4.78, 5) is 24.1. The molecular weight excluding hydrogens is 272 g/mol. The van der Waals surface area contributed by atoms with Gasteiger partial charge in [0.05, 0.1) is 10.4 Å². The van der Waals surface area contributed by atoms with Gasteiger partial charge in [0, 0.05) is 19.0 Å². The molecule has 0 saturated heterocycles. The normalized spacial score (nSPS) is 11.8. The van der Waals surface area contributed by atoms with Crippen molar-refractivity contribution in [3.8, 4) is 0 Å². The first-order chi connectivity index (χ1) is 8.88. The fourth-order valence-corrected chi connectivity index (χ4v) is 2.58. The highest BCUT2D eigenvalue weighted by atomic mass is 32.2. The predicted octanol–water partition coefficient (Wildman–Crippen LogP) is 0.379. The third-order valence-corrected chi connectivity index (χ3v) is 3.93. The van der Waals surface area contributed by atoms with Crippen molar-refractivity contribution in [1.29, 1.82) is 0 Å². The number of sulfonamides is 1. The summed E-state index contributed by atoms with van der Waals surface area (Å²) in [5.74, 6) is -0.746. The van der Waals surface area contributed by atoms with Crippen molar-refractivity contribution in [1.82, 2.24) is 9.71 Å². The number of carbonyl (C=O) groups is 1. The van der Waals surface area contributed by atoms with Crippen LogP contribution in [0.3, 0.4) is 0 Å². The van der Waals surface area contributed by atoms with Gasteiger partial charge in [0.25, 0.3) is 0 Å². The Labute approximate surface area is 108 Å². The van der Waals surface area contributed by atoms with E-state index in [2.05, 4.69) is 9.71 Å². The van der Waals surface area contributed by atoms with Gasteiger partial charge in [0.1, 0.15) is 5.78 Å². The lowest BCUT2D eigenvalue weighted by atomic mass is 10.3. The number of rotatable bonds is 5. The Hall–Kier alpha value is -1.93. The Morgan fingerprint density at radius 3 is 2.84 bits per heavy atom. The quantitative estimate of drug-likeness (QED) is 0.824. The van der Waals surface area contributed by atoms with Crippen LogP contribution in [0.5, 0.6) is 0 Å². The Morgan fingerprint density at radius 1 is 1.42 bits per heavy atom. The summed E-state index contributed by atoms with van der Waals surface area (Å²) in [6, 6.07) is 4.05. The Kier molecular flexibility index (Phi) is 3.54. The van der Waals surface area contributed by atoms with Gasteiger partial charge in [-0.15, -0.1) is 0 Å². The third-order valence-electron chi connectivity index (χ3n) is 2.47. The topological polar surface area (TPSA) is 109 Å². The fourth-order valence-electron chi connectivity index (χ4n) is 1.54. The van der Waals surface area contributed by atoms with Crippen LogP contribution in [0, 0.1) is 0 Å². The molecule has 1 aromatic heterocycles. The number of aromatic nitrogens is 1. The minimum Gasteiger partial charge on any atom is -0.408 e. The minimum absolute atomic E-state index is 0.0219. The zero-order chi connectivity index (χ0) is 14.0. The summed E-state index contributed by atoms with van der Waals surface area (Å²) in [5, 5.41) is 0. The van der Waals surface area contributed by atoms with Crippen LogP contribution in [0.4, 0.5) is 0 Å². The lowest BCUT2D eigenvalue weighted by molar-refractivity contribution is -0.116. The molecule has 8 heteroatoms. The van der Waals surface area contributed by atoms with E-state index in [4.69, 9.17) is 4.42 Å². The molecule has 0 amide bonds. The van der Waals surface area contributed by atoms with Crippen LogP contribution >= 0.6 is 0 Å². The number of carbonyl (C=O) groups excluding carboxylic acids is 1. The molecule has 19 heavy (non-hydrogen) atoms. The molecule has 2 rings (SSSR count). The van der Waals surface area contributed by atoms with Crippen molar-refractivity contribution in [3.63, 3.8) is 0 Å². The van der Waals surface area contributed by atoms with Crippen LogP contribution in [-0.2, 0) is 14.8 Å². The molecule has 0 saturated carbocycles. The molecule has 0 bridgehead atoms. The molecule has 7 nitrogen and oxygen atoms in total. The summed E-state index contributed by atoms with van der Waals surface area (Å²) >= 11 is 0. The molecule has 0 spiro atoms. The molecule has 2 N–H and O–H groups in total. The second-order valence-corrected chi connectivity index (χ2v) is 5.79.